The summed E-state index contributed by atoms with van der Waals surface area (Å²) in [6.07, 6.45) is 2.79. The van der Waals surface area contributed by atoms with Crippen LogP contribution in [0.15, 0.2) is 60.7 Å². The summed E-state index contributed by atoms with van der Waals surface area (Å²) in [6, 6.07) is 20.2. The van der Waals surface area contributed by atoms with Crippen molar-refractivity contribution in [1.82, 2.24) is 20.2 Å². The Hall–Kier alpha value is -2.73. The van der Waals surface area contributed by atoms with Gasteiger partial charge in [0, 0.05) is 24.3 Å². The third kappa shape index (κ3) is 5.89. The second-order valence-electron chi connectivity index (χ2n) is 6.77. The number of rotatable bonds is 10. The van der Waals surface area contributed by atoms with Gasteiger partial charge in [-0.1, -0.05) is 48.5 Å². The predicted octanol–water partition coefficient (Wildman–Crippen LogP) is 3.40. The van der Waals surface area contributed by atoms with E-state index in [2.05, 4.69) is 32.4 Å². The second kappa shape index (κ2) is 9.83. The molecule has 0 saturated heterocycles. The molecule has 1 aromatic heterocycles. The van der Waals surface area contributed by atoms with Crippen LogP contribution in [0.5, 0.6) is 0 Å². The number of benzene rings is 2. The highest BCUT2D eigenvalue weighted by Crippen LogP contribution is 2.15. The summed E-state index contributed by atoms with van der Waals surface area (Å²) < 4.78 is 0. The van der Waals surface area contributed by atoms with E-state index in [0.29, 0.717) is 12.4 Å². The van der Waals surface area contributed by atoms with E-state index < -0.39 is 0 Å². The molecule has 0 bridgehead atoms. The third-order valence-corrected chi connectivity index (χ3v) is 4.38. The van der Waals surface area contributed by atoms with Crippen LogP contribution in [0.25, 0.3) is 11.4 Å². The summed E-state index contributed by atoms with van der Waals surface area (Å²) in [7, 11) is 0. The number of para-hydroxylation sites is 1. The molecular weight excluding hydrogens is 338 g/mol. The summed E-state index contributed by atoms with van der Waals surface area (Å²) in [6.45, 7) is 4.17. The van der Waals surface area contributed by atoms with Gasteiger partial charge in [-0.15, -0.1) is 10.2 Å². The molecule has 6 heteroatoms. The van der Waals surface area contributed by atoms with Crippen molar-refractivity contribution in [1.29, 1.82) is 0 Å². The molecule has 1 unspecified atom stereocenters. The van der Waals surface area contributed by atoms with Crippen molar-refractivity contribution in [3.8, 4) is 11.4 Å². The standard InChI is InChI=1S/C21H27N5O/c1-18(27)17-25(20-13-7-3-8-14-20)15-9-4-10-16-26-23-21(22-24-26)19-11-5-2-6-12-19/h2-3,5-8,11-14,18,27H,4,9-10,15-17H2,1H3. The van der Waals surface area contributed by atoms with Crippen molar-refractivity contribution in [2.45, 2.75) is 38.8 Å². The number of tetrazole rings is 1. The van der Waals surface area contributed by atoms with E-state index in [9.17, 15) is 5.11 Å². The van der Waals surface area contributed by atoms with Crippen LogP contribution in [-0.4, -0.2) is 44.5 Å². The highest BCUT2D eigenvalue weighted by atomic mass is 16.3. The van der Waals surface area contributed by atoms with Crippen molar-refractivity contribution in [2.75, 3.05) is 18.0 Å². The zero-order valence-corrected chi connectivity index (χ0v) is 15.8. The molecule has 1 N–H and O–H groups in total. The number of aliphatic hydroxyl groups excluding tert-OH is 1. The third-order valence-electron chi connectivity index (χ3n) is 4.38. The first-order valence-electron chi connectivity index (χ1n) is 9.53. The first-order chi connectivity index (χ1) is 13.2. The molecule has 1 heterocycles. The molecular formula is C21H27N5O. The highest BCUT2D eigenvalue weighted by molar-refractivity contribution is 5.52. The monoisotopic (exact) mass is 365 g/mol. The molecule has 0 aliphatic heterocycles. The number of unbranched alkanes of at least 4 members (excludes halogenated alkanes) is 2. The van der Waals surface area contributed by atoms with E-state index in [1.54, 1.807) is 4.80 Å². The van der Waals surface area contributed by atoms with E-state index in [4.69, 9.17) is 0 Å². The molecule has 6 nitrogen and oxygen atoms in total. The van der Waals surface area contributed by atoms with Crippen molar-refractivity contribution < 1.29 is 5.11 Å². The maximum absolute atomic E-state index is 9.76. The van der Waals surface area contributed by atoms with Crippen molar-refractivity contribution in [3.05, 3.63) is 60.7 Å². The molecule has 2 aromatic carbocycles. The average molecular weight is 365 g/mol. The molecule has 0 saturated carbocycles. The maximum atomic E-state index is 9.76. The minimum Gasteiger partial charge on any atom is -0.392 e. The van der Waals surface area contributed by atoms with Crippen LogP contribution < -0.4 is 4.90 Å². The smallest absolute Gasteiger partial charge is 0.204 e. The van der Waals surface area contributed by atoms with Gasteiger partial charge in [0.2, 0.25) is 5.82 Å². The lowest BCUT2D eigenvalue weighted by Crippen LogP contribution is -2.31. The first-order valence-corrected chi connectivity index (χ1v) is 9.53. The molecule has 0 amide bonds. The Morgan fingerprint density at radius 1 is 0.963 bits per heavy atom. The molecule has 0 aliphatic rings. The molecule has 3 rings (SSSR count). The molecule has 1 atom stereocenters. The number of aryl methyl sites for hydroxylation is 1. The summed E-state index contributed by atoms with van der Waals surface area (Å²) in [5, 5.41) is 22.5. The summed E-state index contributed by atoms with van der Waals surface area (Å²) in [5.41, 5.74) is 2.14. The van der Waals surface area contributed by atoms with E-state index in [-0.39, 0.29) is 6.10 Å². The molecule has 0 fully saturated rings. The topological polar surface area (TPSA) is 67.1 Å². The van der Waals surface area contributed by atoms with Crippen LogP contribution >= 0.6 is 0 Å². The Morgan fingerprint density at radius 2 is 1.67 bits per heavy atom. The van der Waals surface area contributed by atoms with Crippen LogP contribution in [0.2, 0.25) is 0 Å². The fourth-order valence-corrected chi connectivity index (χ4v) is 3.06. The number of hydrogen-bond acceptors (Lipinski definition) is 5. The van der Waals surface area contributed by atoms with E-state index >= 15 is 0 Å². The number of anilines is 1. The van der Waals surface area contributed by atoms with E-state index in [1.807, 2.05) is 55.5 Å². The van der Waals surface area contributed by atoms with Gasteiger partial charge in [-0.3, -0.25) is 0 Å². The molecule has 0 radical (unpaired) electrons. The van der Waals surface area contributed by atoms with Gasteiger partial charge in [-0.2, -0.15) is 4.80 Å². The van der Waals surface area contributed by atoms with Crippen LogP contribution in [0, 0.1) is 0 Å². The Morgan fingerprint density at radius 3 is 2.37 bits per heavy atom. The largest absolute Gasteiger partial charge is 0.392 e. The van der Waals surface area contributed by atoms with Crippen LogP contribution in [-0.2, 0) is 6.54 Å². The molecule has 27 heavy (non-hydrogen) atoms. The average Bonchev–Trinajstić information content (AvgIpc) is 3.17. The minimum atomic E-state index is -0.346. The van der Waals surface area contributed by atoms with Crippen molar-refractivity contribution in [2.24, 2.45) is 0 Å². The summed E-state index contributed by atoms with van der Waals surface area (Å²) in [5.74, 6) is 0.669. The zero-order chi connectivity index (χ0) is 18.9. The Balaban J connectivity index is 1.44. The molecule has 0 aliphatic carbocycles. The fourth-order valence-electron chi connectivity index (χ4n) is 3.06. The van der Waals surface area contributed by atoms with Gasteiger partial charge in [0.05, 0.1) is 12.6 Å². The van der Waals surface area contributed by atoms with Crippen LogP contribution in [0.1, 0.15) is 26.2 Å². The zero-order valence-electron chi connectivity index (χ0n) is 15.8. The van der Waals surface area contributed by atoms with Crippen molar-refractivity contribution in [3.63, 3.8) is 0 Å². The van der Waals surface area contributed by atoms with Crippen LogP contribution in [0.3, 0.4) is 0 Å². The fraction of sp³-hybridized carbons (Fsp3) is 0.381. The van der Waals surface area contributed by atoms with E-state index in [0.717, 1.165) is 43.6 Å². The number of nitrogens with zero attached hydrogens (tertiary/aromatic N) is 5. The second-order valence-corrected chi connectivity index (χ2v) is 6.77. The molecule has 142 valence electrons. The quantitative estimate of drug-likeness (QED) is 0.558. The Labute approximate surface area is 160 Å². The summed E-state index contributed by atoms with van der Waals surface area (Å²) in [4.78, 5) is 3.92. The Bertz CT molecular complexity index is 789. The normalized spacial score (nSPS) is 12.1. The summed E-state index contributed by atoms with van der Waals surface area (Å²) >= 11 is 0. The van der Waals surface area contributed by atoms with Gasteiger partial charge < -0.3 is 10.0 Å². The lowest BCUT2D eigenvalue weighted by Gasteiger charge is -2.26. The van der Waals surface area contributed by atoms with Gasteiger partial charge in [0.25, 0.3) is 0 Å². The van der Waals surface area contributed by atoms with E-state index in [1.165, 1.54) is 0 Å². The lowest BCUT2D eigenvalue weighted by atomic mass is 10.2. The van der Waals surface area contributed by atoms with Gasteiger partial charge in [0.15, 0.2) is 0 Å². The van der Waals surface area contributed by atoms with Gasteiger partial charge in [-0.25, -0.2) is 0 Å². The maximum Gasteiger partial charge on any atom is 0.204 e. The Kier molecular flexibility index (Phi) is 6.93. The van der Waals surface area contributed by atoms with Crippen molar-refractivity contribution >= 4 is 5.69 Å². The minimum absolute atomic E-state index is 0.346. The predicted molar refractivity (Wildman–Crippen MR) is 107 cm³/mol. The van der Waals surface area contributed by atoms with Crippen LogP contribution in [0.4, 0.5) is 5.69 Å². The molecule has 3 aromatic rings. The number of aromatic nitrogens is 4. The van der Waals surface area contributed by atoms with Gasteiger partial charge in [0.1, 0.15) is 0 Å². The highest BCUT2D eigenvalue weighted by Gasteiger charge is 2.09. The number of aliphatic hydroxyl groups is 1. The first kappa shape index (κ1) is 19.0. The SMILES string of the molecule is CC(O)CN(CCCCCn1nnc(-c2ccccc2)n1)c1ccccc1. The molecule has 0 spiro atoms. The lowest BCUT2D eigenvalue weighted by molar-refractivity contribution is 0.199. The number of hydrogen-bond donors (Lipinski definition) is 1. The van der Waals surface area contributed by atoms with Gasteiger partial charge in [-0.05, 0) is 43.5 Å². The van der Waals surface area contributed by atoms with Gasteiger partial charge >= 0.3 is 0 Å².